The highest BCUT2D eigenvalue weighted by Crippen LogP contribution is 2.26. The van der Waals surface area contributed by atoms with Gasteiger partial charge in [-0.25, -0.2) is 16.8 Å². The van der Waals surface area contributed by atoms with Crippen LogP contribution in [0.15, 0.2) is 58.3 Å². The third kappa shape index (κ3) is 5.42. The molecular formula is C24H34N2O4S2. The second-order valence-corrected chi connectivity index (χ2v) is 13.2. The molecule has 1 saturated heterocycles. The highest BCUT2D eigenvalue weighted by Gasteiger charge is 2.33. The fourth-order valence-corrected chi connectivity index (χ4v) is 6.63. The Hall–Kier alpha value is -1.74. The molecule has 176 valence electrons. The first kappa shape index (κ1) is 24.9. The Morgan fingerprint density at radius 3 is 1.50 bits per heavy atom. The van der Waals surface area contributed by atoms with E-state index in [0.717, 1.165) is 30.4 Å². The van der Waals surface area contributed by atoms with E-state index in [2.05, 4.69) is 27.7 Å². The predicted molar refractivity (Wildman–Crippen MR) is 128 cm³/mol. The van der Waals surface area contributed by atoms with Crippen molar-refractivity contribution in [1.29, 1.82) is 0 Å². The minimum Gasteiger partial charge on any atom is -0.207 e. The van der Waals surface area contributed by atoms with Crippen molar-refractivity contribution < 1.29 is 16.8 Å². The molecule has 32 heavy (non-hydrogen) atoms. The van der Waals surface area contributed by atoms with Crippen molar-refractivity contribution >= 4 is 20.0 Å². The van der Waals surface area contributed by atoms with E-state index in [9.17, 15) is 16.8 Å². The molecule has 3 rings (SSSR count). The molecule has 0 N–H and O–H groups in total. The van der Waals surface area contributed by atoms with Gasteiger partial charge in [0.1, 0.15) is 0 Å². The predicted octanol–water partition coefficient (Wildman–Crippen LogP) is 4.02. The van der Waals surface area contributed by atoms with Gasteiger partial charge in [-0.15, -0.1) is 0 Å². The van der Waals surface area contributed by atoms with E-state index in [0.29, 0.717) is 0 Å². The van der Waals surface area contributed by atoms with Gasteiger partial charge in [0.25, 0.3) is 0 Å². The van der Waals surface area contributed by atoms with Crippen LogP contribution in [0.4, 0.5) is 0 Å². The summed E-state index contributed by atoms with van der Waals surface area (Å²) >= 11 is 0. The first-order chi connectivity index (χ1) is 15.0. The maximum atomic E-state index is 13.1. The van der Waals surface area contributed by atoms with Crippen molar-refractivity contribution in [3.8, 4) is 0 Å². The van der Waals surface area contributed by atoms with Crippen LogP contribution in [0.25, 0.3) is 0 Å². The average Bonchev–Trinajstić information content (AvgIpc) is 2.77. The van der Waals surface area contributed by atoms with Crippen molar-refractivity contribution in [3.63, 3.8) is 0 Å². The van der Waals surface area contributed by atoms with Crippen LogP contribution in [-0.4, -0.2) is 51.6 Å². The van der Waals surface area contributed by atoms with Crippen molar-refractivity contribution in [2.24, 2.45) is 0 Å². The zero-order valence-corrected chi connectivity index (χ0v) is 21.0. The van der Waals surface area contributed by atoms with Gasteiger partial charge >= 0.3 is 0 Å². The van der Waals surface area contributed by atoms with Crippen LogP contribution in [0.5, 0.6) is 0 Å². The number of nitrogens with zero attached hydrogens (tertiary/aromatic N) is 2. The molecule has 2 aromatic rings. The van der Waals surface area contributed by atoms with Gasteiger partial charge in [0.2, 0.25) is 20.0 Å². The number of rotatable bonds is 7. The number of benzene rings is 2. The third-order valence-electron chi connectivity index (χ3n) is 5.94. The van der Waals surface area contributed by atoms with Gasteiger partial charge in [0.05, 0.1) is 9.79 Å². The second-order valence-electron chi connectivity index (χ2n) is 9.33. The summed E-state index contributed by atoms with van der Waals surface area (Å²) in [6.45, 7) is 8.91. The van der Waals surface area contributed by atoms with Crippen molar-refractivity contribution in [3.05, 3.63) is 59.7 Å². The monoisotopic (exact) mass is 478 g/mol. The van der Waals surface area contributed by atoms with E-state index < -0.39 is 20.0 Å². The number of sulfonamides is 2. The lowest BCUT2D eigenvalue weighted by Gasteiger charge is -2.33. The number of unbranched alkanes of at least 4 members (excludes halogenated alkanes) is 1. The standard InChI is InChI=1S/C24H34N2O4S2/c1-5-6-7-20-8-12-22(13-9-20)31(27,28)25-16-18-26(19-17-25)32(29,30)23-14-10-21(11-15-23)24(2,3)4/h8-15H,5-7,16-19H2,1-4H3. The summed E-state index contributed by atoms with van der Waals surface area (Å²) in [5, 5.41) is 0. The molecule has 0 aliphatic carbocycles. The van der Waals surface area contributed by atoms with E-state index >= 15 is 0 Å². The van der Waals surface area contributed by atoms with Crippen molar-refractivity contribution in [1.82, 2.24) is 8.61 Å². The summed E-state index contributed by atoms with van der Waals surface area (Å²) in [6.07, 6.45) is 3.10. The Kier molecular flexibility index (Phi) is 7.49. The number of hydrogen-bond acceptors (Lipinski definition) is 4. The zero-order valence-electron chi connectivity index (χ0n) is 19.4. The first-order valence-electron chi connectivity index (χ1n) is 11.2. The summed E-state index contributed by atoms with van der Waals surface area (Å²) in [5.74, 6) is 0. The van der Waals surface area contributed by atoms with E-state index in [4.69, 9.17) is 0 Å². The molecule has 0 atom stereocenters. The molecular weight excluding hydrogens is 444 g/mol. The quantitative estimate of drug-likeness (QED) is 0.602. The molecule has 1 aliphatic heterocycles. The van der Waals surface area contributed by atoms with E-state index in [1.54, 1.807) is 24.3 Å². The molecule has 0 spiro atoms. The van der Waals surface area contributed by atoms with Crippen molar-refractivity contribution in [2.45, 2.75) is 62.2 Å². The Balaban J connectivity index is 1.68. The smallest absolute Gasteiger partial charge is 0.207 e. The topological polar surface area (TPSA) is 74.8 Å². The Morgan fingerprint density at radius 2 is 1.12 bits per heavy atom. The van der Waals surface area contributed by atoms with Crippen LogP contribution in [0.3, 0.4) is 0 Å². The molecule has 2 aromatic carbocycles. The first-order valence-corrected chi connectivity index (χ1v) is 14.0. The Bertz CT molecular complexity index is 1110. The lowest BCUT2D eigenvalue weighted by atomic mass is 9.87. The third-order valence-corrected chi connectivity index (χ3v) is 9.76. The number of aryl methyl sites for hydroxylation is 1. The van der Waals surface area contributed by atoms with Gasteiger partial charge in [-0.3, -0.25) is 0 Å². The van der Waals surface area contributed by atoms with Crippen LogP contribution >= 0.6 is 0 Å². The van der Waals surface area contributed by atoms with E-state index in [1.807, 2.05) is 24.3 Å². The molecule has 0 amide bonds. The fourth-order valence-electron chi connectivity index (χ4n) is 3.78. The fraction of sp³-hybridized carbons (Fsp3) is 0.500. The molecule has 0 bridgehead atoms. The van der Waals surface area contributed by atoms with Gasteiger partial charge in [0, 0.05) is 26.2 Å². The zero-order chi connectivity index (χ0) is 23.6. The maximum Gasteiger partial charge on any atom is 0.243 e. The summed E-state index contributed by atoms with van der Waals surface area (Å²) < 4.78 is 54.9. The van der Waals surface area contributed by atoms with Gasteiger partial charge < -0.3 is 0 Å². The van der Waals surface area contributed by atoms with Crippen LogP contribution in [0.1, 0.15) is 51.7 Å². The highest BCUT2D eigenvalue weighted by molar-refractivity contribution is 7.89. The van der Waals surface area contributed by atoms with E-state index in [-0.39, 0.29) is 41.4 Å². The van der Waals surface area contributed by atoms with Crippen LogP contribution in [0.2, 0.25) is 0 Å². The molecule has 1 fully saturated rings. The summed E-state index contributed by atoms with van der Waals surface area (Å²) in [4.78, 5) is 0.497. The number of piperazine rings is 1. The van der Waals surface area contributed by atoms with Crippen LogP contribution < -0.4 is 0 Å². The van der Waals surface area contributed by atoms with E-state index in [1.165, 1.54) is 8.61 Å². The molecule has 0 saturated carbocycles. The minimum atomic E-state index is -3.66. The van der Waals surface area contributed by atoms with Crippen LogP contribution in [-0.2, 0) is 31.9 Å². The Labute approximate surface area is 193 Å². The maximum absolute atomic E-state index is 13.1. The highest BCUT2D eigenvalue weighted by atomic mass is 32.2. The molecule has 0 aromatic heterocycles. The molecule has 1 aliphatic rings. The average molecular weight is 479 g/mol. The normalized spacial score (nSPS) is 16.9. The van der Waals surface area contributed by atoms with Gasteiger partial charge in [-0.05, 0) is 53.6 Å². The Morgan fingerprint density at radius 1 is 0.719 bits per heavy atom. The summed E-state index contributed by atoms with van der Waals surface area (Å²) in [7, 11) is -7.30. The second kappa shape index (κ2) is 9.63. The lowest BCUT2D eigenvalue weighted by molar-refractivity contribution is 0.273. The molecule has 0 unspecified atom stereocenters. The number of hydrogen-bond donors (Lipinski definition) is 0. The molecule has 8 heteroatoms. The van der Waals surface area contributed by atoms with Gasteiger partial charge in [0.15, 0.2) is 0 Å². The summed E-state index contributed by atoms with van der Waals surface area (Å²) in [5.41, 5.74) is 2.13. The largest absolute Gasteiger partial charge is 0.243 e. The van der Waals surface area contributed by atoms with Crippen molar-refractivity contribution in [2.75, 3.05) is 26.2 Å². The van der Waals surface area contributed by atoms with Gasteiger partial charge in [-0.2, -0.15) is 8.61 Å². The minimum absolute atomic E-state index is 0.0590. The van der Waals surface area contributed by atoms with Gasteiger partial charge in [-0.1, -0.05) is 58.4 Å². The lowest BCUT2D eigenvalue weighted by Crippen LogP contribution is -2.50. The molecule has 0 radical (unpaired) electrons. The molecule has 1 heterocycles. The SMILES string of the molecule is CCCCc1ccc(S(=O)(=O)N2CCN(S(=O)(=O)c3ccc(C(C)(C)C)cc3)CC2)cc1. The van der Waals surface area contributed by atoms with Crippen LogP contribution in [0, 0.1) is 0 Å². The summed E-state index contributed by atoms with van der Waals surface area (Å²) in [6, 6.07) is 14.0. The molecule has 6 nitrogen and oxygen atoms in total.